The van der Waals surface area contributed by atoms with Gasteiger partial charge in [-0.05, 0) is 37.8 Å². The summed E-state index contributed by atoms with van der Waals surface area (Å²) in [5.41, 5.74) is 0.206. The molecule has 2 nitrogen and oxygen atoms in total. The number of hydrogen-bond acceptors (Lipinski definition) is 3. The molecule has 0 amide bonds. The molecule has 0 aliphatic heterocycles. The summed E-state index contributed by atoms with van der Waals surface area (Å²) in [5, 5.41) is 13.0. The minimum Gasteiger partial charge on any atom is -0.396 e. The average molecular weight is 231 g/mol. The highest BCUT2D eigenvalue weighted by atomic mass is 32.2. The maximum absolute atomic E-state index is 9.50. The first-order valence-corrected chi connectivity index (χ1v) is 7.53. The van der Waals surface area contributed by atoms with Gasteiger partial charge in [-0.25, -0.2) is 0 Å². The van der Waals surface area contributed by atoms with E-state index in [2.05, 4.69) is 11.6 Å². The Balaban J connectivity index is 2.15. The van der Waals surface area contributed by atoms with E-state index in [-0.39, 0.29) is 5.41 Å². The fraction of sp³-hybridized carbons (Fsp3) is 1.00. The fourth-order valence-corrected chi connectivity index (χ4v) is 2.82. The van der Waals surface area contributed by atoms with Gasteiger partial charge in [0.15, 0.2) is 0 Å². The van der Waals surface area contributed by atoms with Crippen LogP contribution in [-0.2, 0) is 0 Å². The van der Waals surface area contributed by atoms with Crippen LogP contribution >= 0.6 is 11.8 Å². The summed E-state index contributed by atoms with van der Waals surface area (Å²) in [4.78, 5) is 0. The molecule has 0 heterocycles. The lowest BCUT2D eigenvalue weighted by atomic mass is 9.74. The Labute approximate surface area is 98.2 Å². The molecular formula is C12H25NOS. The van der Waals surface area contributed by atoms with Crippen LogP contribution in [0.3, 0.4) is 0 Å². The van der Waals surface area contributed by atoms with Gasteiger partial charge in [-0.3, -0.25) is 0 Å². The van der Waals surface area contributed by atoms with Gasteiger partial charge in [-0.2, -0.15) is 11.8 Å². The Kier molecular flexibility index (Phi) is 6.69. The average Bonchev–Trinajstić information content (AvgIpc) is 2.30. The molecule has 1 aliphatic rings. The number of hydrogen-bond donors (Lipinski definition) is 2. The highest BCUT2D eigenvalue weighted by Crippen LogP contribution is 2.35. The smallest absolute Gasteiger partial charge is 0.0499 e. The zero-order valence-electron chi connectivity index (χ0n) is 9.93. The minimum atomic E-state index is 0.206. The maximum atomic E-state index is 9.50. The largest absolute Gasteiger partial charge is 0.396 e. The van der Waals surface area contributed by atoms with E-state index in [9.17, 15) is 5.11 Å². The van der Waals surface area contributed by atoms with Crippen molar-refractivity contribution in [3.63, 3.8) is 0 Å². The van der Waals surface area contributed by atoms with Crippen molar-refractivity contribution in [2.75, 3.05) is 31.7 Å². The van der Waals surface area contributed by atoms with Crippen LogP contribution in [0, 0.1) is 5.41 Å². The van der Waals surface area contributed by atoms with Gasteiger partial charge < -0.3 is 10.4 Å². The van der Waals surface area contributed by atoms with E-state index in [4.69, 9.17) is 0 Å². The normalized spacial score (nSPS) is 20.4. The van der Waals surface area contributed by atoms with Crippen molar-refractivity contribution in [1.29, 1.82) is 0 Å². The first-order chi connectivity index (χ1) is 7.33. The molecule has 0 unspecified atom stereocenters. The van der Waals surface area contributed by atoms with Crippen molar-refractivity contribution in [2.45, 2.75) is 38.5 Å². The number of rotatable bonds is 7. The molecule has 0 saturated heterocycles. The summed E-state index contributed by atoms with van der Waals surface area (Å²) in [6.07, 6.45) is 9.76. The topological polar surface area (TPSA) is 32.3 Å². The third kappa shape index (κ3) is 4.75. The molecule has 0 aromatic heterocycles. The molecule has 0 aromatic rings. The lowest BCUT2D eigenvalue weighted by molar-refractivity contribution is 0.0816. The molecule has 0 atom stereocenters. The predicted octanol–water partition coefficient (Wildman–Crippen LogP) is 2.27. The molecule has 0 radical (unpaired) electrons. The van der Waals surface area contributed by atoms with E-state index < -0.39 is 0 Å². The maximum Gasteiger partial charge on any atom is 0.0499 e. The predicted molar refractivity (Wildman–Crippen MR) is 68.5 cm³/mol. The van der Waals surface area contributed by atoms with Crippen LogP contribution in [0.5, 0.6) is 0 Å². The van der Waals surface area contributed by atoms with E-state index in [1.165, 1.54) is 44.3 Å². The van der Waals surface area contributed by atoms with Gasteiger partial charge in [0, 0.05) is 18.6 Å². The zero-order chi connectivity index (χ0) is 11.0. The highest BCUT2D eigenvalue weighted by molar-refractivity contribution is 7.98. The Bertz CT molecular complexity index is 158. The molecule has 3 heteroatoms. The molecule has 0 bridgehead atoms. The molecule has 0 spiro atoms. The van der Waals surface area contributed by atoms with Gasteiger partial charge in [0.2, 0.25) is 0 Å². The van der Waals surface area contributed by atoms with Crippen LogP contribution in [0.15, 0.2) is 0 Å². The summed E-state index contributed by atoms with van der Waals surface area (Å²) >= 11 is 1.90. The van der Waals surface area contributed by atoms with Crippen LogP contribution in [-0.4, -0.2) is 36.8 Å². The van der Waals surface area contributed by atoms with E-state index in [1.807, 2.05) is 11.8 Å². The van der Waals surface area contributed by atoms with E-state index >= 15 is 0 Å². The van der Waals surface area contributed by atoms with Crippen molar-refractivity contribution in [2.24, 2.45) is 5.41 Å². The van der Waals surface area contributed by atoms with Crippen LogP contribution in [0.2, 0.25) is 0 Å². The Hall–Kier alpha value is 0.270. The van der Waals surface area contributed by atoms with Gasteiger partial charge in [-0.15, -0.1) is 0 Å². The fourth-order valence-electron chi connectivity index (χ4n) is 2.39. The van der Waals surface area contributed by atoms with Gasteiger partial charge in [0.25, 0.3) is 0 Å². The van der Waals surface area contributed by atoms with E-state index in [0.717, 1.165) is 13.1 Å². The lowest BCUT2D eigenvalue weighted by Crippen LogP contribution is -2.39. The molecule has 1 fully saturated rings. The Morgan fingerprint density at radius 1 is 1.27 bits per heavy atom. The molecule has 1 saturated carbocycles. The summed E-state index contributed by atoms with van der Waals surface area (Å²) in [6.45, 7) is 2.48. The highest BCUT2D eigenvalue weighted by Gasteiger charge is 2.30. The van der Waals surface area contributed by atoms with Crippen molar-refractivity contribution >= 4 is 11.8 Å². The number of aliphatic hydroxyl groups excluding tert-OH is 1. The molecule has 1 rings (SSSR count). The van der Waals surface area contributed by atoms with Crippen LogP contribution in [0.4, 0.5) is 0 Å². The van der Waals surface area contributed by atoms with Crippen molar-refractivity contribution in [3.8, 4) is 0 Å². The zero-order valence-corrected chi connectivity index (χ0v) is 10.7. The minimum absolute atomic E-state index is 0.206. The van der Waals surface area contributed by atoms with Crippen molar-refractivity contribution in [1.82, 2.24) is 5.32 Å². The van der Waals surface area contributed by atoms with Gasteiger partial charge in [0.1, 0.15) is 0 Å². The third-order valence-corrected chi connectivity index (χ3v) is 4.15. The molecule has 1 aliphatic carbocycles. The van der Waals surface area contributed by atoms with E-state index in [0.29, 0.717) is 6.61 Å². The molecular weight excluding hydrogens is 206 g/mol. The van der Waals surface area contributed by atoms with Crippen LogP contribution < -0.4 is 5.32 Å². The second kappa shape index (κ2) is 7.53. The summed E-state index contributed by atoms with van der Waals surface area (Å²) in [6, 6.07) is 0. The molecule has 90 valence electrons. The first kappa shape index (κ1) is 13.3. The Morgan fingerprint density at radius 2 is 2.00 bits per heavy atom. The molecule has 15 heavy (non-hydrogen) atoms. The van der Waals surface area contributed by atoms with Gasteiger partial charge >= 0.3 is 0 Å². The lowest BCUT2D eigenvalue weighted by Gasteiger charge is -2.35. The number of aliphatic hydroxyl groups is 1. The second-order valence-corrected chi connectivity index (χ2v) is 5.73. The quantitative estimate of drug-likeness (QED) is 0.659. The SMILES string of the molecule is CSCCCNCC1(CO)CCCCC1. The third-order valence-electron chi connectivity index (χ3n) is 3.45. The summed E-state index contributed by atoms with van der Waals surface area (Å²) in [7, 11) is 0. The van der Waals surface area contributed by atoms with E-state index in [1.54, 1.807) is 0 Å². The first-order valence-electron chi connectivity index (χ1n) is 6.13. The van der Waals surface area contributed by atoms with Crippen molar-refractivity contribution in [3.05, 3.63) is 0 Å². The summed E-state index contributed by atoms with van der Waals surface area (Å²) < 4.78 is 0. The standard InChI is InChI=1S/C12H25NOS/c1-15-9-5-8-13-10-12(11-14)6-3-2-4-7-12/h13-14H,2-11H2,1H3. The van der Waals surface area contributed by atoms with Gasteiger partial charge in [-0.1, -0.05) is 19.3 Å². The van der Waals surface area contributed by atoms with Crippen LogP contribution in [0.25, 0.3) is 0 Å². The molecule has 2 N–H and O–H groups in total. The second-order valence-electron chi connectivity index (χ2n) is 4.74. The van der Waals surface area contributed by atoms with Crippen molar-refractivity contribution < 1.29 is 5.11 Å². The van der Waals surface area contributed by atoms with Crippen LogP contribution in [0.1, 0.15) is 38.5 Å². The summed E-state index contributed by atoms with van der Waals surface area (Å²) in [5.74, 6) is 1.24. The number of nitrogens with one attached hydrogen (secondary N) is 1. The monoisotopic (exact) mass is 231 g/mol. The molecule has 0 aromatic carbocycles. The number of thioether (sulfide) groups is 1. The Morgan fingerprint density at radius 3 is 2.60 bits per heavy atom. The van der Waals surface area contributed by atoms with Gasteiger partial charge in [0.05, 0.1) is 0 Å².